The number of hydrogen-bond donors (Lipinski definition) is 0. The Morgan fingerprint density at radius 3 is 2.67 bits per heavy atom. The maximum Gasteiger partial charge on any atom is -0.0139 e. The molecule has 0 radical (unpaired) electrons. The lowest BCUT2D eigenvalue weighted by Crippen LogP contribution is -2.30. The van der Waals surface area contributed by atoms with Crippen molar-refractivity contribution in [3.63, 3.8) is 0 Å². The van der Waals surface area contributed by atoms with Crippen LogP contribution < -0.4 is 0 Å². The van der Waals surface area contributed by atoms with Gasteiger partial charge in [-0.3, -0.25) is 0 Å². The average molecular weight is 204 g/mol. The largest absolute Gasteiger partial charge is 0.0996 e. The van der Waals surface area contributed by atoms with Crippen molar-refractivity contribution in [2.45, 2.75) is 52.9 Å². The van der Waals surface area contributed by atoms with Crippen molar-refractivity contribution in [3.8, 4) is 0 Å². The molecule has 3 aliphatic carbocycles. The highest BCUT2D eigenvalue weighted by atomic mass is 14.7. The lowest BCUT2D eigenvalue weighted by atomic mass is 9.68. The van der Waals surface area contributed by atoms with Crippen molar-refractivity contribution in [1.82, 2.24) is 0 Å². The molecule has 3 saturated carbocycles. The fourth-order valence-electron chi connectivity index (χ4n) is 5.40. The van der Waals surface area contributed by atoms with Crippen molar-refractivity contribution in [1.29, 1.82) is 0 Å². The number of fused-ring (bicyclic) bond motifs is 3. The summed E-state index contributed by atoms with van der Waals surface area (Å²) in [4.78, 5) is 0. The predicted molar refractivity (Wildman–Crippen MR) is 64.6 cm³/mol. The van der Waals surface area contributed by atoms with Gasteiger partial charge in [-0.05, 0) is 60.7 Å². The first-order chi connectivity index (χ1) is 6.94. The summed E-state index contributed by atoms with van der Waals surface area (Å²) in [5.41, 5.74) is 2.81. The first-order valence-electron chi connectivity index (χ1n) is 6.62. The summed E-state index contributed by atoms with van der Waals surface area (Å²) in [5, 5.41) is 0. The zero-order valence-electron chi connectivity index (χ0n) is 10.5. The molecule has 0 heteroatoms. The lowest BCUT2D eigenvalue weighted by Gasteiger charge is -2.36. The highest BCUT2D eigenvalue weighted by molar-refractivity contribution is 5.21. The van der Waals surface area contributed by atoms with E-state index in [2.05, 4.69) is 27.4 Å². The first-order valence-corrected chi connectivity index (χ1v) is 6.62. The molecule has 3 rings (SSSR count). The van der Waals surface area contributed by atoms with E-state index in [0.717, 1.165) is 17.8 Å². The average Bonchev–Trinajstić information content (AvgIpc) is 2.67. The van der Waals surface area contributed by atoms with Crippen LogP contribution in [0.25, 0.3) is 0 Å². The van der Waals surface area contributed by atoms with Crippen molar-refractivity contribution in [2.75, 3.05) is 0 Å². The minimum absolute atomic E-state index is 0.571. The number of hydrogen-bond acceptors (Lipinski definition) is 0. The Bertz CT molecular complexity index is 312. The van der Waals surface area contributed by atoms with Crippen LogP contribution in [0.1, 0.15) is 52.9 Å². The Kier molecular flexibility index (Phi) is 1.79. The van der Waals surface area contributed by atoms with Crippen molar-refractivity contribution < 1.29 is 0 Å². The quantitative estimate of drug-likeness (QED) is 0.513. The highest BCUT2D eigenvalue weighted by Gasteiger charge is 2.61. The molecule has 0 spiro atoms. The van der Waals surface area contributed by atoms with E-state index in [1.807, 2.05) is 0 Å². The smallest absolute Gasteiger partial charge is 0.0139 e. The molecule has 0 bridgehead atoms. The third-order valence-corrected chi connectivity index (χ3v) is 5.84. The van der Waals surface area contributed by atoms with Crippen LogP contribution in [0.3, 0.4) is 0 Å². The van der Waals surface area contributed by atoms with Crippen molar-refractivity contribution in [2.24, 2.45) is 28.6 Å². The molecule has 15 heavy (non-hydrogen) atoms. The lowest BCUT2D eigenvalue weighted by molar-refractivity contribution is 0.146. The molecule has 0 aliphatic heterocycles. The maximum atomic E-state index is 4.35. The Morgan fingerprint density at radius 2 is 1.93 bits per heavy atom. The second-order valence-electron chi connectivity index (χ2n) is 7.31. The van der Waals surface area contributed by atoms with Crippen LogP contribution in [0.5, 0.6) is 0 Å². The van der Waals surface area contributed by atoms with Gasteiger partial charge in [0.1, 0.15) is 0 Å². The maximum absolute atomic E-state index is 4.35. The fourth-order valence-corrected chi connectivity index (χ4v) is 5.40. The molecule has 3 aliphatic rings. The van der Waals surface area contributed by atoms with Gasteiger partial charge >= 0.3 is 0 Å². The van der Waals surface area contributed by atoms with Gasteiger partial charge in [-0.25, -0.2) is 0 Å². The Labute approximate surface area is 94.1 Å². The summed E-state index contributed by atoms with van der Waals surface area (Å²) < 4.78 is 0. The molecule has 0 amide bonds. The minimum Gasteiger partial charge on any atom is -0.0996 e. The van der Waals surface area contributed by atoms with E-state index in [0.29, 0.717) is 10.8 Å². The molecule has 0 nitrogen and oxygen atoms in total. The predicted octanol–water partition coefficient (Wildman–Crippen LogP) is 4.42. The molecular formula is C15H24. The molecule has 4 atom stereocenters. The Morgan fingerprint density at radius 1 is 1.20 bits per heavy atom. The van der Waals surface area contributed by atoms with Crippen LogP contribution in [0.15, 0.2) is 12.2 Å². The second kappa shape index (κ2) is 2.70. The molecule has 3 fully saturated rings. The van der Waals surface area contributed by atoms with Gasteiger partial charge in [0, 0.05) is 0 Å². The molecule has 0 unspecified atom stereocenters. The van der Waals surface area contributed by atoms with Crippen molar-refractivity contribution >= 4 is 0 Å². The third kappa shape index (κ3) is 1.14. The Hall–Kier alpha value is -0.260. The molecule has 0 aromatic carbocycles. The first kappa shape index (κ1) is 9.93. The Balaban J connectivity index is 2.02. The topological polar surface area (TPSA) is 0 Å². The van der Waals surface area contributed by atoms with Crippen molar-refractivity contribution in [3.05, 3.63) is 12.2 Å². The summed E-state index contributed by atoms with van der Waals surface area (Å²) in [5.74, 6) is 2.81. The second-order valence-corrected chi connectivity index (χ2v) is 7.31. The van der Waals surface area contributed by atoms with Gasteiger partial charge < -0.3 is 0 Å². The van der Waals surface area contributed by atoms with Crippen LogP contribution in [0, 0.1) is 28.6 Å². The van der Waals surface area contributed by atoms with Crippen LogP contribution in [0.2, 0.25) is 0 Å². The molecule has 0 aromatic heterocycles. The van der Waals surface area contributed by atoms with E-state index in [1.165, 1.54) is 32.1 Å². The molecular weight excluding hydrogens is 180 g/mol. The van der Waals surface area contributed by atoms with Crippen LogP contribution in [-0.2, 0) is 0 Å². The van der Waals surface area contributed by atoms with E-state index in [4.69, 9.17) is 0 Å². The summed E-state index contributed by atoms with van der Waals surface area (Å²) in [7, 11) is 0. The van der Waals surface area contributed by atoms with Gasteiger partial charge in [0.25, 0.3) is 0 Å². The zero-order valence-corrected chi connectivity index (χ0v) is 10.5. The van der Waals surface area contributed by atoms with E-state index in [-0.39, 0.29) is 0 Å². The van der Waals surface area contributed by atoms with Crippen LogP contribution >= 0.6 is 0 Å². The van der Waals surface area contributed by atoms with Crippen LogP contribution in [0.4, 0.5) is 0 Å². The van der Waals surface area contributed by atoms with Gasteiger partial charge in [-0.15, -0.1) is 0 Å². The van der Waals surface area contributed by atoms with E-state index < -0.39 is 0 Å². The third-order valence-electron chi connectivity index (χ3n) is 5.84. The molecule has 0 heterocycles. The highest BCUT2D eigenvalue weighted by Crippen LogP contribution is 2.69. The molecule has 0 aromatic rings. The monoisotopic (exact) mass is 204 g/mol. The summed E-state index contributed by atoms with van der Waals surface area (Å²) in [6, 6.07) is 0. The number of allylic oxidation sites excluding steroid dienone is 1. The van der Waals surface area contributed by atoms with Gasteiger partial charge in [-0.2, -0.15) is 0 Å². The summed E-state index contributed by atoms with van der Waals surface area (Å²) in [6.07, 6.45) is 7.14. The van der Waals surface area contributed by atoms with E-state index in [9.17, 15) is 0 Å². The minimum atomic E-state index is 0.571. The molecule has 0 saturated heterocycles. The van der Waals surface area contributed by atoms with Gasteiger partial charge in [0.05, 0.1) is 0 Å². The molecule has 0 N–H and O–H groups in total. The molecule has 84 valence electrons. The standard InChI is InChI=1S/C15H24/c1-10-5-6-11-9-15(4)8-7-14(2,3)13(15)12(10)11/h11-13H,1,5-9H2,2-4H3/t11-,12-,13-,15-/m1/s1. The SMILES string of the molecule is C=C1CC[C@@H]2C[C@@]3(C)CCC(C)(C)[C@H]3[C@H]12. The normalized spacial score (nSPS) is 51.9. The van der Waals surface area contributed by atoms with E-state index >= 15 is 0 Å². The summed E-state index contributed by atoms with van der Waals surface area (Å²) in [6.45, 7) is 11.9. The fraction of sp³-hybridized carbons (Fsp3) is 0.867. The van der Waals surface area contributed by atoms with Gasteiger partial charge in [0.15, 0.2) is 0 Å². The summed E-state index contributed by atoms with van der Waals surface area (Å²) >= 11 is 0. The van der Waals surface area contributed by atoms with Gasteiger partial charge in [-0.1, -0.05) is 32.9 Å². The van der Waals surface area contributed by atoms with Crippen LogP contribution in [-0.4, -0.2) is 0 Å². The number of rotatable bonds is 0. The van der Waals surface area contributed by atoms with Gasteiger partial charge in [0.2, 0.25) is 0 Å². The van der Waals surface area contributed by atoms with E-state index in [1.54, 1.807) is 5.57 Å². The zero-order chi connectivity index (χ0) is 10.8.